The summed E-state index contributed by atoms with van der Waals surface area (Å²) < 4.78 is 0. The molecule has 1 aromatic carbocycles. The number of aromatic nitrogens is 1. The van der Waals surface area contributed by atoms with Gasteiger partial charge in [0, 0.05) is 22.8 Å². The molecule has 3 nitrogen and oxygen atoms in total. The van der Waals surface area contributed by atoms with Gasteiger partial charge in [0.1, 0.15) is 0 Å². The predicted molar refractivity (Wildman–Crippen MR) is 73.6 cm³/mol. The predicted octanol–water partition coefficient (Wildman–Crippen LogP) is 3.49. The highest BCUT2D eigenvalue weighted by molar-refractivity contribution is 7.98. The van der Waals surface area contributed by atoms with Crippen molar-refractivity contribution in [2.75, 3.05) is 11.6 Å². The minimum atomic E-state index is -0.0939. The van der Waals surface area contributed by atoms with Gasteiger partial charge in [-0.15, -0.1) is 23.1 Å². The number of rotatable bonds is 3. The average Bonchev–Trinajstić information content (AvgIpc) is 2.77. The lowest BCUT2D eigenvalue weighted by Gasteiger charge is -1.99. The van der Waals surface area contributed by atoms with E-state index in [1.54, 1.807) is 11.8 Å². The van der Waals surface area contributed by atoms with Crippen LogP contribution in [0.1, 0.15) is 6.92 Å². The highest BCUT2D eigenvalue weighted by Gasteiger charge is 2.05. The SMILES string of the molecule is CSc1ccc(-c2csc(NC(C)=O)n2)cc1. The number of carbonyl (C=O) groups is 1. The molecule has 1 N–H and O–H groups in total. The number of thiazole rings is 1. The van der Waals surface area contributed by atoms with E-state index in [9.17, 15) is 4.79 Å². The zero-order valence-corrected chi connectivity index (χ0v) is 11.2. The van der Waals surface area contributed by atoms with Crippen LogP contribution in [0.15, 0.2) is 34.5 Å². The second-order valence-electron chi connectivity index (χ2n) is 3.45. The summed E-state index contributed by atoms with van der Waals surface area (Å²) in [4.78, 5) is 16.5. The van der Waals surface area contributed by atoms with Crippen molar-refractivity contribution in [3.63, 3.8) is 0 Å². The summed E-state index contributed by atoms with van der Waals surface area (Å²) in [5.74, 6) is -0.0939. The van der Waals surface area contributed by atoms with E-state index in [0.717, 1.165) is 11.3 Å². The fraction of sp³-hybridized carbons (Fsp3) is 0.167. The van der Waals surface area contributed by atoms with Crippen LogP contribution in [0.2, 0.25) is 0 Å². The monoisotopic (exact) mass is 264 g/mol. The minimum absolute atomic E-state index is 0.0939. The maximum atomic E-state index is 10.9. The zero-order chi connectivity index (χ0) is 12.3. The van der Waals surface area contributed by atoms with E-state index in [4.69, 9.17) is 0 Å². The fourth-order valence-electron chi connectivity index (χ4n) is 1.38. The van der Waals surface area contributed by atoms with Crippen LogP contribution in [0.4, 0.5) is 5.13 Å². The quantitative estimate of drug-likeness (QED) is 0.863. The Morgan fingerprint density at radius 2 is 2.06 bits per heavy atom. The first-order valence-electron chi connectivity index (χ1n) is 5.06. The number of hydrogen-bond donors (Lipinski definition) is 1. The number of nitrogens with zero attached hydrogens (tertiary/aromatic N) is 1. The molecule has 0 aliphatic carbocycles. The topological polar surface area (TPSA) is 42.0 Å². The molecule has 0 spiro atoms. The smallest absolute Gasteiger partial charge is 0.223 e. The van der Waals surface area contributed by atoms with Crippen LogP contribution in [0, 0.1) is 0 Å². The molecule has 0 radical (unpaired) electrons. The van der Waals surface area contributed by atoms with Gasteiger partial charge in [0.05, 0.1) is 5.69 Å². The number of benzene rings is 1. The summed E-state index contributed by atoms with van der Waals surface area (Å²) in [7, 11) is 0. The maximum absolute atomic E-state index is 10.9. The number of hydrogen-bond acceptors (Lipinski definition) is 4. The molecule has 0 bridgehead atoms. The first-order valence-corrected chi connectivity index (χ1v) is 7.17. The molecule has 0 saturated heterocycles. The summed E-state index contributed by atoms with van der Waals surface area (Å²) in [6.45, 7) is 1.48. The highest BCUT2D eigenvalue weighted by atomic mass is 32.2. The van der Waals surface area contributed by atoms with Crippen molar-refractivity contribution >= 4 is 34.1 Å². The zero-order valence-electron chi connectivity index (χ0n) is 9.56. The van der Waals surface area contributed by atoms with E-state index in [0.29, 0.717) is 5.13 Å². The van der Waals surface area contributed by atoms with Crippen LogP contribution in [-0.2, 0) is 4.79 Å². The molecule has 1 aromatic heterocycles. The Bertz CT molecular complexity index is 520. The molecule has 1 amide bonds. The van der Waals surface area contributed by atoms with Crippen LogP contribution >= 0.6 is 23.1 Å². The van der Waals surface area contributed by atoms with Gasteiger partial charge < -0.3 is 5.32 Å². The van der Waals surface area contributed by atoms with Crippen molar-refractivity contribution < 1.29 is 4.79 Å². The van der Waals surface area contributed by atoms with Crippen molar-refractivity contribution in [3.8, 4) is 11.3 Å². The fourth-order valence-corrected chi connectivity index (χ4v) is 2.55. The molecule has 2 aromatic rings. The third-order valence-electron chi connectivity index (χ3n) is 2.17. The molecule has 88 valence electrons. The van der Waals surface area contributed by atoms with Gasteiger partial charge in [-0.05, 0) is 18.4 Å². The molecule has 0 aliphatic rings. The Kier molecular flexibility index (Phi) is 3.81. The molecular formula is C12H12N2OS2. The van der Waals surface area contributed by atoms with Crippen LogP contribution in [0.25, 0.3) is 11.3 Å². The molecule has 0 unspecified atom stereocenters. The molecule has 17 heavy (non-hydrogen) atoms. The van der Waals surface area contributed by atoms with Crippen molar-refractivity contribution in [2.45, 2.75) is 11.8 Å². The number of carbonyl (C=O) groups excluding carboxylic acids is 1. The summed E-state index contributed by atoms with van der Waals surface area (Å²) in [6, 6.07) is 8.21. The van der Waals surface area contributed by atoms with Gasteiger partial charge in [0.25, 0.3) is 0 Å². The lowest BCUT2D eigenvalue weighted by atomic mass is 10.2. The summed E-state index contributed by atoms with van der Waals surface area (Å²) in [5.41, 5.74) is 1.96. The minimum Gasteiger partial charge on any atom is -0.302 e. The molecule has 0 aliphatic heterocycles. The second-order valence-corrected chi connectivity index (χ2v) is 5.19. The molecule has 0 fully saturated rings. The van der Waals surface area contributed by atoms with E-state index in [1.165, 1.54) is 23.2 Å². The van der Waals surface area contributed by atoms with Crippen molar-refractivity contribution in [2.24, 2.45) is 0 Å². The standard InChI is InChI=1S/C12H12N2OS2/c1-8(15)13-12-14-11(7-17-12)9-3-5-10(16-2)6-4-9/h3-7H,1-2H3,(H,13,14,15). The van der Waals surface area contributed by atoms with Crippen LogP contribution in [0.3, 0.4) is 0 Å². The first-order chi connectivity index (χ1) is 8.19. The third-order valence-corrected chi connectivity index (χ3v) is 3.67. The lowest BCUT2D eigenvalue weighted by molar-refractivity contribution is -0.114. The van der Waals surface area contributed by atoms with Gasteiger partial charge in [0.2, 0.25) is 5.91 Å². The van der Waals surface area contributed by atoms with Gasteiger partial charge in [-0.3, -0.25) is 4.79 Å². The molecule has 5 heteroatoms. The second kappa shape index (κ2) is 5.33. The van der Waals surface area contributed by atoms with Gasteiger partial charge in [0.15, 0.2) is 5.13 Å². The van der Waals surface area contributed by atoms with Gasteiger partial charge in [-0.2, -0.15) is 0 Å². The van der Waals surface area contributed by atoms with Crippen molar-refractivity contribution in [1.82, 2.24) is 4.98 Å². The molecule has 1 heterocycles. The number of nitrogens with one attached hydrogen (secondary N) is 1. The molecule has 2 rings (SSSR count). The Morgan fingerprint density at radius 3 is 2.65 bits per heavy atom. The van der Waals surface area contributed by atoms with E-state index in [-0.39, 0.29) is 5.91 Å². The van der Waals surface area contributed by atoms with E-state index >= 15 is 0 Å². The largest absolute Gasteiger partial charge is 0.302 e. The molecule has 0 atom stereocenters. The van der Waals surface area contributed by atoms with Crippen LogP contribution in [-0.4, -0.2) is 17.1 Å². The maximum Gasteiger partial charge on any atom is 0.223 e. The Balaban J connectivity index is 2.21. The Hall–Kier alpha value is -1.33. The number of amides is 1. The van der Waals surface area contributed by atoms with Gasteiger partial charge in [-0.25, -0.2) is 4.98 Å². The Labute approximate surface area is 108 Å². The normalized spacial score (nSPS) is 10.2. The van der Waals surface area contributed by atoms with Gasteiger partial charge in [-0.1, -0.05) is 12.1 Å². The molecular weight excluding hydrogens is 252 g/mol. The van der Waals surface area contributed by atoms with E-state index in [1.807, 2.05) is 23.8 Å². The van der Waals surface area contributed by atoms with Crippen LogP contribution in [0.5, 0.6) is 0 Å². The Morgan fingerprint density at radius 1 is 1.35 bits per heavy atom. The van der Waals surface area contributed by atoms with Crippen LogP contribution < -0.4 is 5.32 Å². The summed E-state index contributed by atoms with van der Waals surface area (Å²) >= 11 is 3.15. The average molecular weight is 264 g/mol. The van der Waals surface area contributed by atoms with Crippen molar-refractivity contribution in [3.05, 3.63) is 29.6 Å². The number of thioether (sulfide) groups is 1. The van der Waals surface area contributed by atoms with E-state index < -0.39 is 0 Å². The lowest BCUT2D eigenvalue weighted by Crippen LogP contribution is -2.04. The molecule has 0 saturated carbocycles. The highest BCUT2D eigenvalue weighted by Crippen LogP contribution is 2.26. The van der Waals surface area contributed by atoms with Gasteiger partial charge >= 0.3 is 0 Å². The van der Waals surface area contributed by atoms with Crippen molar-refractivity contribution in [1.29, 1.82) is 0 Å². The first kappa shape index (κ1) is 12.1. The summed E-state index contributed by atoms with van der Waals surface area (Å²) in [6.07, 6.45) is 2.05. The van der Waals surface area contributed by atoms with E-state index in [2.05, 4.69) is 22.4 Å². The summed E-state index contributed by atoms with van der Waals surface area (Å²) in [5, 5.41) is 5.27. The third kappa shape index (κ3) is 3.08. The number of anilines is 1.